The number of benzene rings is 2. The van der Waals surface area contributed by atoms with Crippen molar-refractivity contribution in [2.24, 2.45) is 0 Å². The van der Waals surface area contributed by atoms with E-state index in [4.69, 9.17) is 0 Å². The summed E-state index contributed by atoms with van der Waals surface area (Å²) in [7, 11) is 0. The van der Waals surface area contributed by atoms with Gasteiger partial charge in [-0.2, -0.15) is 0 Å². The van der Waals surface area contributed by atoms with Crippen molar-refractivity contribution >= 4 is 23.5 Å². The molecule has 2 unspecified atom stereocenters. The number of hydrogen-bond donors (Lipinski definition) is 2. The summed E-state index contributed by atoms with van der Waals surface area (Å²) in [5.41, 5.74) is 1.01. The van der Waals surface area contributed by atoms with Crippen LogP contribution in [0.25, 0.3) is 0 Å². The molecule has 26 heavy (non-hydrogen) atoms. The first-order valence-corrected chi connectivity index (χ1v) is 8.06. The first-order valence-electron chi connectivity index (χ1n) is 8.06. The highest BCUT2D eigenvalue weighted by atomic mass is 16.4. The van der Waals surface area contributed by atoms with Crippen LogP contribution < -0.4 is 0 Å². The van der Waals surface area contributed by atoms with Crippen LogP contribution >= 0.6 is 0 Å². The van der Waals surface area contributed by atoms with Gasteiger partial charge in [0.15, 0.2) is 11.6 Å². The lowest BCUT2D eigenvalue weighted by Crippen LogP contribution is -2.25. The van der Waals surface area contributed by atoms with Gasteiger partial charge in [-0.1, -0.05) is 30.3 Å². The van der Waals surface area contributed by atoms with E-state index in [0.29, 0.717) is 5.56 Å². The maximum Gasteiger partial charge on any atom is 0.310 e. The first-order chi connectivity index (χ1) is 12.2. The van der Waals surface area contributed by atoms with Gasteiger partial charge in [-0.25, -0.2) is 0 Å². The molecule has 0 heterocycles. The normalized spacial score (nSPS) is 15.0. The fourth-order valence-electron chi connectivity index (χ4n) is 3.15. The standard InChI is InChI=1S/C20H16O6/c1-9(19(23)24)11-7-14(10(2)20(25)26)16-15(8-11)17(21)12-5-3-4-6-13(12)18(16)22/h3-10H,1-2H3,(H,23,24)(H,25,26). The van der Waals surface area contributed by atoms with Crippen molar-refractivity contribution in [1.82, 2.24) is 0 Å². The van der Waals surface area contributed by atoms with Crippen LogP contribution in [-0.2, 0) is 9.59 Å². The number of aliphatic carboxylic acids is 2. The second-order valence-corrected chi connectivity index (χ2v) is 6.36. The molecule has 6 nitrogen and oxygen atoms in total. The molecule has 6 heteroatoms. The minimum absolute atomic E-state index is 0.0462. The summed E-state index contributed by atoms with van der Waals surface area (Å²) in [5.74, 6) is -5.10. The van der Waals surface area contributed by atoms with E-state index in [1.807, 2.05) is 0 Å². The number of hydrogen-bond acceptors (Lipinski definition) is 4. The predicted molar refractivity (Wildman–Crippen MR) is 91.9 cm³/mol. The molecule has 0 fully saturated rings. The average molecular weight is 352 g/mol. The number of carboxylic acid groups (broad SMARTS) is 2. The molecule has 2 atom stereocenters. The van der Waals surface area contributed by atoms with E-state index >= 15 is 0 Å². The van der Waals surface area contributed by atoms with Crippen molar-refractivity contribution in [1.29, 1.82) is 0 Å². The molecular weight excluding hydrogens is 336 g/mol. The fourth-order valence-corrected chi connectivity index (χ4v) is 3.15. The highest BCUT2D eigenvalue weighted by molar-refractivity contribution is 6.29. The molecule has 0 amide bonds. The molecule has 2 aromatic rings. The number of carbonyl (C=O) groups excluding carboxylic acids is 2. The Labute approximate surface area is 149 Å². The van der Waals surface area contributed by atoms with Gasteiger partial charge in [0.1, 0.15) is 0 Å². The summed E-state index contributed by atoms with van der Waals surface area (Å²) in [6.45, 7) is 2.85. The summed E-state index contributed by atoms with van der Waals surface area (Å²) < 4.78 is 0. The SMILES string of the molecule is CC(C(=O)O)c1cc2c(c(C(C)C(=O)O)c1)C(=O)c1ccccc1C2=O. The Bertz CT molecular complexity index is 972. The van der Waals surface area contributed by atoms with E-state index in [2.05, 4.69) is 0 Å². The molecule has 0 saturated carbocycles. The number of carbonyl (C=O) groups is 4. The molecule has 0 radical (unpaired) electrons. The molecule has 0 aliphatic heterocycles. The minimum atomic E-state index is -1.16. The van der Waals surface area contributed by atoms with Crippen LogP contribution in [0.4, 0.5) is 0 Å². The Morgan fingerprint density at radius 3 is 1.88 bits per heavy atom. The van der Waals surface area contributed by atoms with E-state index < -0.39 is 35.3 Å². The van der Waals surface area contributed by atoms with Gasteiger partial charge in [0, 0.05) is 22.3 Å². The molecule has 0 aromatic heterocycles. The number of fused-ring (bicyclic) bond motifs is 2. The van der Waals surface area contributed by atoms with Crippen LogP contribution in [-0.4, -0.2) is 33.7 Å². The van der Waals surface area contributed by atoms with Crippen LogP contribution in [0, 0.1) is 0 Å². The molecule has 3 rings (SSSR count). The lowest BCUT2D eigenvalue weighted by Gasteiger charge is -2.23. The van der Waals surface area contributed by atoms with Gasteiger partial charge in [0.2, 0.25) is 0 Å². The van der Waals surface area contributed by atoms with E-state index in [9.17, 15) is 29.4 Å². The smallest absolute Gasteiger partial charge is 0.310 e. The quantitative estimate of drug-likeness (QED) is 0.747. The van der Waals surface area contributed by atoms with Gasteiger partial charge in [0.05, 0.1) is 11.8 Å². The van der Waals surface area contributed by atoms with Crippen LogP contribution in [0.15, 0.2) is 36.4 Å². The third-order valence-corrected chi connectivity index (χ3v) is 4.79. The van der Waals surface area contributed by atoms with Gasteiger partial charge >= 0.3 is 11.9 Å². The van der Waals surface area contributed by atoms with Crippen molar-refractivity contribution < 1.29 is 29.4 Å². The van der Waals surface area contributed by atoms with E-state index in [1.54, 1.807) is 12.1 Å². The zero-order valence-electron chi connectivity index (χ0n) is 14.1. The van der Waals surface area contributed by atoms with Gasteiger partial charge in [0.25, 0.3) is 0 Å². The maximum absolute atomic E-state index is 13.0. The van der Waals surface area contributed by atoms with Gasteiger partial charge < -0.3 is 10.2 Å². The maximum atomic E-state index is 13.0. The number of carboxylic acids is 2. The van der Waals surface area contributed by atoms with Crippen molar-refractivity contribution in [3.8, 4) is 0 Å². The lowest BCUT2D eigenvalue weighted by molar-refractivity contribution is -0.139. The van der Waals surface area contributed by atoms with Crippen molar-refractivity contribution in [2.45, 2.75) is 25.7 Å². The lowest BCUT2D eigenvalue weighted by atomic mass is 9.77. The van der Waals surface area contributed by atoms with Crippen LogP contribution in [0.1, 0.15) is 68.7 Å². The van der Waals surface area contributed by atoms with Crippen molar-refractivity contribution in [2.75, 3.05) is 0 Å². The Morgan fingerprint density at radius 2 is 1.35 bits per heavy atom. The summed E-state index contributed by atoms with van der Waals surface area (Å²) in [6.07, 6.45) is 0. The van der Waals surface area contributed by atoms with Crippen LogP contribution in [0.3, 0.4) is 0 Å². The fraction of sp³-hybridized carbons (Fsp3) is 0.200. The average Bonchev–Trinajstić information content (AvgIpc) is 2.63. The highest BCUT2D eigenvalue weighted by Crippen LogP contribution is 2.35. The largest absolute Gasteiger partial charge is 0.481 e. The van der Waals surface area contributed by atoms with Crippen molar-refractivity contribution in [3.05, 3.63) is 69.8 Å². The van der Waals surface area contributed by atoms with E-state index in [0.717, 1.165) is 0 Å². The summed E-state index contributed by atoms with van der Waals surface area (Å²) >= 11 is 0. The van der Waals surface area contributed by atoms with Crippen LogP contribution in [0.5, 0.6) is 0 Å². The van der Waals surface area contributed by atoms with Crippen LogP contribution in [0.2, 0.25) is 0 Å². The summed E-state index contributed by atoms with van der Waals surface area (Å²) in [6, 6.07) is 9.14. The Kier molecular flexibility index (Phi) is 4.20. The Hall–Kier alpha value is -3.28. The van der Waals surface area contributed by atoms with Crippen molar-refractivity contribution in [3.63, 3.8) is 0 Å². The minimum Gasteiger partial charge on any atom is -0.481 e. The first kappa shape index (κ1) is 17.5. The third-order valence-electron chi connectivity index (χ3n) is 4.79. The third kappa shape index (κ3) is 2.60. The molecule has 2 N–H and O–H groups in total. The molecule has 1 aliphatic carbocycles. The van der Waals surface area contributed by atoms with Gasteiger partial charge in [-0.3, -0.25) is 19.2 Å². The van der Waals surface area contributed by atoms with Gasteiger partial charge in [-0.15, -0.1) is 0 Å². The van der Waals surface area contributed by atoms with E-state index in [-0.39, 0.29) is 27.8 Å². The van der Waals surface area contributed by atoms with E-state index in [1.165, 1.54) is 38.1 Å². The highest BCUT2D eigenvalue weighted by Gasteiger charge is 2.35. The molecule has 1 aliphatic rings. The molecule has 132 valence electrons. The Balaban J connectivity index is 2.34. The second kappa shape index (κ2) is 6.22. The predicted octanol–water partition coefficient (Wildman–Crippen LogP) is 2.84. The zero-order valence-corrected chi connectivity index (χ0v) is 14.1. The second-order valence-electron chi connectivity index (χ2n) is 6.36. The van der Waals surface area contributed by atoms with Gasteiger partial charge in [-0.05, 0) is 31.0 Å². The molecule has 0 bridgehead atoms. The monoisotopic (exact) mass is 352 g/mol. The zero-order chi connectivity index (χ0) is 19.2. The molecule has 0 spiro atoms. The summed E-state index contributed by atoms with van der Waals surface area (Å²) in [4.78, 5) is 48.7. The topological polar surface area (TPSA) is 109 Å². The number of ketones is 2. The molecule has 2 aromatic carbocycles. The molecular formula is C20H16O6. The summed E-state index contributed by atoms with van der Waals surface area (Å²) in [5, 5.41) is 18.7. The Morgan fingerprint density at radius 1 is 0.808 bits per heavy atom. The molecule has 0 saturated heterocycles. The number of rotatable bonds is 4.